The molecule has 6 nitrogen and oxygen atoms in total. The summed E-state index contributed by atoms with van der Waals surface area (Å²) in [4.78, 5) is 8.18. The van der Waals surface area contributed by atoms with Crippen molar-refractivity contribution >= 4 is 17.5 Å². The van der Waals surface area contributed by atoms with Crippen molar-refractivity contribution < 1.29 is 10.1 Å². The topological polar surface area (TPSA) is 101 Å². The maximum atomic E-state index is 8.15. The number of nitrogens with zero attached hydrogens (tertiary/aromatic N) is 2. The van der Waals surface area contributed by atoms with E-state index in [4.69, 9.17) is 15.9 Å². The lowest BCUT2D eigenvalue weighted by atomic mass is 10.1. The largest absolute Gasteiger partial charge is 0.439 e. The highest BCUT2D eigenvalue weighted by molar-refractivity contribution is 6.00. The second-order valence-corrected chi connectivity index (χ2v) is 5.77. The number of ether oxygens (including phenoxy) is 1. The Labute approximate surface area is 123 Å². The monoisotopic (exact) mass is 286 g/mol. The third-order valence-corrected chi connectivity index (χ3v) is 2.67. The quantitative estimate of drug-likeness (QED) is 0.587. The van der Waals surface area contributed by atoms with Crippen LogP contribution in [0.1, 0.15) is 26.3 Å². The molecule has 1 aromatic heterocycles. The van der Waals surface area contributed by atoms with Crippen LogP contribution in [0.5, 0.6) is 5.75 Å². The smallest absolute Gasteiger partial charge is 0.242 e. The van der Waals surface area contributed by atoms with Crippen LogP contribution < -0.4 is 15.8 Å². The van der Waals surface area contributed by atoms with Crippen molar-refractivity contribution in [3.8, 4) is 5.75 Å². The molecule has 2 aromatic rings. The minimum Gasteiger partial charge on any atom is -0.439 e. The van der Waals surface area contributed by atoms with Crippen LogP contribution in [0.4, 0.5) is 11.6 Å². The summed E-state index contributed by atoms with van der Waals surface area (Å²) in [5, 5.41) is 10.1. The molecule has 0 unspecified atom stereocenters. The molecular formula is C15H20N5O+. The van der Waals surface area contributed by atoms with Gasteiger partial charge in [0.25, 0.3) is 0 Å². The van der Waals surface area contributed by atoms with Gasteiger partial charge in [0.2, 0.25) is 11.7 Å². The number of nitrogens with two attached hydrogens (primary N) is 2. The van der Waals surface area contributed by atoms with Crippen molar-refractivity contribution in [2.24, 2.45) is 0 Å². The fourth-order valence-corrected chi connectivity index (χ4v) is 1.82. The SMILES string of the molecule is CC(C)(C)[NH2+]c1ncnc(N)c1C(=N)Oc1ccccc1. The van der Waals surface area contributed by atoms with Gasteiger partial charge in [-0.15, -0.1) is 0 Å². The zero-order valence-corrected chi connectivity index (χ0v) is 12.4. The molecule has 1 aromatic carbocycles. The third kappa shape index (κ3) is 4.00. The van der Waals surface area contributed by atoms with E-state index >= 15 is 0 Å². The van der Waals surface area contributed by atoms with Gasteiger partial charge in [0.1, 0.15) is 17.9 Å². The number of anilines is 1. The lowest BCUT2D eigenvalue weighted by Gasteiger charge is -2.18. The first kappa shape index (κ1) is 14.9. The van der Waals surface area contributed by atoms with E-state index in [0.29, 0.717) is 17.1 Å². The number of quaternary nitrogens is 1. The zero-order valence-electron chi connectivity index (χ0n) is 12.4. The highest BCUT2D eigenvalue weighted by atomic mass is 16.5. The van der Waals surface area contributed by atoms with Crippen molar-refractivity contribution in [2.45, 2.75) is 26.3 Å². The first-order chi connectivity index (χ1) is 9.87. The van der Waals surface area contributed by atoms with Crippen molar-refractivity contribution in [3.63, 3.8) is 0 Å². The van der Waals surface area contributed by atoms with Gasteiger partial charge >= 0.3 is 0 Å². The Bertz CT molecular complexity index is 634. The van der Waals surface area contributed by atoms with Crippen molar-refractivity contribution in [3.05, 3.63) is 42.2 Å². The van der Waals surface area contributed by atoms with Gasteiger partial charge in [0, 0.05) is 0 Å². The summed E-state index contributed by atoms with van der Waals surface area (Å²) in [6.45, 7) is 6.16. The Morgan fingerprint density at radius 3 is 2.48 bits per heavy atom. The van der Waals surface area contributed by atoms with Crippen molar-refractivity contribution in [2.75, 3.05) is 5.73 Å². The number of aromatic nitrogens is 2. The molecule has 1 heterocycles. The lowest BCUT2D eigenvalue weighted by molar-refractivity contribution is -0.645. The van der Waals surface area contributed by atoms with Gasteiger partial charge in [-0.05, 0) is 32.9 Å². The molecular weight excluding hydrogens is 266 g/mol. The van der Waals surface area contributed by atoms with E-state index in [1.54, 1.807) is 12.1 Å². The molecule has 0 saturated carbocycles. The predicted octanol–water partition coefficient (Wildman–Crippen LogP) is 1.46. The van der Waals surface area contributed by atoms with Crippen LogP contribution in [0.3, 0.4) is 0 Å². The van der Waals surface area contributed by atoms with Crippen LogP contribution in [0.25, 0.3) is 0 Å². The fraction of sp³-hybridized carbons (Fsp3) is 0.267. The minimum atomic E-state index is -0.0947. The van der Waals surface area contributed by atoms with Gasteiger partial charge in [-0.3, -0.25) is 10.7 Å². The first-order valence-corrected chi connectivity index (χ1v) is 6.65. The number of para-hydroxylation sites is 1. The standard InChI is InChI=1S/C15H19N5O/c1-15(2,3)20-14-11(12(16)18-9-19-14)13(17)21-10-7-5-4-6-8-10/h4-9,17H,1-3H3,(H3,16,18,19,20)/p+1. The average Bonchev–Trinajstić information content (AvgIpc) is 2.37. The molecule has 0 aliphatic heterocycles. The summed E-state index contributed by atoms with van der Waals surface area (Å²) in [5.74, 6) is 1.36. The van der Waals surface area contributed by atoms with Gasteiger partial charge in [0.15, 0.2) is 5.56 Å². The Kier molecular flexibility index (Phi) is 4.18. The Balaban J connectivity index is 2.32. The molecule has 0 saturated heterocycles. The van der Waals surface area contributed by atoms with Crippen LogP contribution in [-0.2, 0) is 0 Å². The second-order valence-electron chi connectivity index (χ2n) is 5.77. The van der Waals surface area contributed by atoms with Gasteiger partial charge in [0.05, 0.1) is 5.54 Å². The maximum absolute atomic E-state index is 8.15. The van der Waals surface area contributed by atoms with Crippen molar-refractivity contribution in [1.82, 2.24) is 9.97 Å². The Morgan fingerprint density at radius 2 is 1.86 bits per heavy atom. The van der Waals surface area contributed by atoms with Crippen LogP contribution in [0.15, 0.2) is 36.7 Å². The van der Waals surface area contributed by atoms with Crippen LogP contribution in [0.2, 0.25) is 0 Å². The Morgan fingerprint density at radius 1 is 1.19 bits per heavy atom. The lowest BCUT2D eigenvalue weighted by Crippen LogP contribution is -2.90. The predicted molar refractivity (Wildman–Crippen MR) is 81.7 cm³/mol. The molecule has 0 aliphatic rings. The maximum Gasteiger partial charge on any atom is 0.242 e. The number of nitrogen functional groups attached to an aromatic ring is 1. The molecule has 0 atom stereocenters. The molecule has 0 amide bonds. The highest BCUT2D eigenvalue weighted by Gasteiger charge is 2.24. The molecule has 21 heavy (non-hydrogen) atoms. The third-order valence-electron chi connectivity index (χ3n) is 2.67. The number of benzene rings is 1. The molecule has 0 fully saturated rings. The van der Waals surface area contributed by atoms with E-state index in [2.05, 4.69) is 30.7 Å². The van der Waals surface area contributed by atoms with Gasteiger partial charge in [-0.1, -0.05) is 18.2 Å². The van der Waals surface area contributed by atoms with Crippen LogP contribution in [-0.4, -0.2) is 21.4 Å². The summed E-state index contributed by atoms with van der Waals surface area (Å²) in [7, 11) is 0. The number of rotatable bonds is 3. The molecule has 0 spiro atoms. The van der Waals surface area contributed by atoms with Crippen LogP contribution >= 0.6 is 0 Å². The summed E-state index contributed by atoms with van der Waals surface area (Å²) in [6, 6.07) is 9.13. The molecule has 0 bridgehead atoms. The second kappa shape index (κ2) is 5.88. The summed E-state index contributed by atoms with van der Waals surface area (Å²) < 4.78 is 5.54. The zero-order chi connectivity index (χ0) is 15.5. The first-order valence-electron chi connectivity index (χ1n) is 6.65. The molecule has 5 N–H and O–H groups in total. The van der Waals surface area contributed by atoms with E-state index < -0.39 is 0 Å². The van der Waals surface area contributed by atoms with E-state index in [9.17, 15) is 0 Å². The van der Waals surface area contributed by atoms with E-state index in [0.717, 1.165) is 0 Å². The molecule has 6 heteroatoms. The van der Waals surface area contributed by atoms with E-state index in [-0.39, 0.29) is 17.3 Å². The normalized spacial score (nSPS) is 11.2. The number of nitrogens with one attached hydrogen (secondary N) is 1. The highest BCUT2D eigenvalue weighted by Crippen LogP contribution is 2.18. The summed E-state index contributed by atoms with van der Waals surface area (Å²) in [5.41, 5.74) is 6.22. The molecule has 0 radical (unpaired) electrons. The van der Waals surface area contributed by atoms with Crippen molar-refractivity contribution in [1.29, 1.82) is 5.41 Å². The molecule has 2 rings (SSSR count). The minimum absolute atomic E-state index is 0.0604. The summed E-state index contributed by atoms with van der Waals surface area (Å²) in [6.07, 6.45) is 1.40. The number of hydrogen-bond acceptors (Lipinski definition) is 5. The van der Waals surface area contributed by atoms with E-state index in [1.807, 2.05) is 23.5 Å². The molecule has 110 valence electrons. The van der Waals surface area contributed by atoms with E-state index in [1.165, 1.54) is 6.33 Å². The molecule has 0 aliphatic carbocycles. The summed E-state index contributed by atoms with van der Waals surface area (Å²) >= 11 is 0. The van der Waals surface area contributed by atoms with Gasteiger partial charge < -0.3 is 10.5 Å². The van der Waals surface area contributed by atoms with Gasteiger partial charge in [-0.2, -0.15) is 4.98 Å². The number of hydrogen-bond donors (Lipinski definition) is 3. The Hall–Kier alpha value is -2.47. The average molecular weight is 286 g/mol. The fourth-order valence-electron chi connectivity index (χ4n) is 1.82. The van der Waals surface area contributed by atoms with Crippen LogP contribution in [0, 0.1) is 5.41 Å². The van der Waals surface area contributed by atoms with Gasteiger partial charge in [-0.25, -0.2) is 4.98 Å².